The highest BCUT2D eigenvalue weighted by molar-refractivity contribution is 9.10. The molecule has 102 valence electrons. The van der Waals surface area contributed by atoms with Crippen molar-refractivity contribution < 1.29 is 14.8 Å². The topological polar surface area (TPSA) is 93.3 Å². The van der Waals surface area contributed by atoms with Gasteiger partial charge in [0, 0.05) is 21.6 Å². The lowest BCUT2D eigenvalue weighted by Crippen LogP contribution is -1.99. The highest BCUT2D eigenvalue weighted by Crippen LogP contribution is 2.36. The Labute approximate surface area is 126 Å². The summed E-state index contributed by atoms with van der Waals surface area (Å²) in [5.74, 6) is -1.14. The van der Waals surface area contributed by atoms with Crippen LogP contribution in [0.4, 0.5) is 5.69 Å². The van der Waals surface area contributed by atoms with Gasteiger partial charge in [0.15, 0.2) is 0 Å². The lowest BCUT2D eigenvalue weighted by molar-refractivity contribution is -0.387. The van der Waals surface area contributed by atoms with E-state index in [1.165, 1.54) is 18.3 Å². The van der Waals surface area contributed by atoms with Crippen molar-refractivity contribution in [2.24, 2.45) is 0 Å². The van der Waals surface area contributed by atoms with Crippen molar-refractivity contribution >= 4 is 39.3 Å². The molecule has 0 spiro atoms. The summed E-state index contributed by atoms with van der Waals surface area (Å²) in [6.07, 6.45) is 1.36. The lowest BCUT2D eigenvalue weighted by Gasteiger charge is -2.04. The number of aromatic carboxylic acids is 1. The standard InChI is InChI=1S/C12H7BrN2O4S/c13-7-1-2-11(10(5-7)15(18)19)20-8-3-4-14-9(6-8)12(16)17/h1-6H,(H,16,17). The van der Waals surface area contributed by atoms with Gasteiger partial charge in [-0.1, -0.05) is 27.7 Å². The molecule has 0 saturated heterocycles. The van der Waals surface area contributed by atoms with Crippen molar-refractivity contribution in [2.45, 2.75) is 9.79 Å². The zero-order valence-electron chi connectivity index (χ0n) is 9.82. The molecule has 0 atom stereocenters. The normalized spacial score (nSPS) is 10.2. The minimum Gasteiger partial charge on any atom is -0.477 e. The number of rotatable bonds is 4. The number of carboxylic acids is 1. The highest BCUT2D eigenvalue weighted by atomic mass is 79.9. The summed E-state index contributed by atoms with van der Waals surface area (Å²) >= 11 is 4.30. The molecule has 2 aromatic rings. The molecule has 0 radical (unpaired) electrons. The second-order valence-electron chi connectivity index (χ2n) is 3.65. The Morgan fingerprint density at radius 1 is 1.35 bits per heavy atom. The van der Waals surface area contributed by atoms with Gasteiger partial charge in [-0.05, 0) is 24.3 Å². The number of pyridine rings is 1. The van der Waals surface area contributed by atoms with E-state index in [4.69, 9.17) is 5.11 Å². The van der Waals surface area contributed by atoms with Crippen molar-refractivity contribution in [3.05, 3.63) is 56.8 Å². The number of carboxylic acid groups (broad SMARTS) is 1. The molecule has 0 aliphatic carbocycles. The summed E-state index contributed by atoms with van der Waals surface area (Å²) in [4.78, 5) is 26.1. The molecule has 0 unspecified atom stereocenters. The smallest absolute Gasteiger partial charge is 0.354 e. The Kier molecular flexibility index (Phi) is 4.35. The number of benzene rings is 1. The number of nitro benzene ring substituents is 1. The van der Waals surface area contributed by atoms with Crippen LogP contribution < -0.4 is 0 Å². The molecule has 0 aliphatic heterocycles. The van der Waals surface area contributed by atoms with Crippen LogP contribution in [0.5, 0.6) is 0 Å². The minimum atomic E-state index is -1.14. The summed E-state index contributed by atoms with van der Waals surface area (Å²) in [6.45, 7) is 0. The maximum absolute atomic E-state index is 11.0. The van der Waals surface area contributed by atoms with Crippen LogP contribution in [0.2, 0.25) is 0 Å². The maximum atomic E-state index is 11.0. The van der Waals surface area contributed by atoms with Crippen LogP contribution in [0.25, 0.3) is 0 Å². The van der Waals surface area contributed by atoms with Crippen LogP contribution in [-0.4, -0.2) is 21.0 Å². The van der Waals surface area contributed by atoms with E-state index in [1.807, 2.05) is 0 Å². The van der Waals surface area contributed by atoms with E-state index in [0.29, 0.717) is 14.3 Å². The van der Waals surface area contributed by atoms with E-state index in [2.05, 4.69) is 20.9 Å². The fourth-order valence-corrected chi connectivity index (χ4v) is 2.71. The zero-order chi connectivity index (χ0) is 14.7. The molecule has 20 heavy (non-hydrogen) atoms. The summed E-state index contributed by atoms with van der Waals surface area (Å²) in [6, 6.07) is 7.67. The van der Waals surface area contributed by atoms with Crippen molar-refractivity contribution in [3.63, 3.8) is 0 Å². The van der Waals surface area contributed by atoms with E-state index in [0.717, 1.165) is 11.8 Å². The largest absolute Gasteiger partial charge is 0.477 e. The SMILES string of the molecule is O=C(O)c1cc(Sc2ccc(Br)cc2[N+](=O)[O-])ccn1. The van der Waals surface area contributed by atoms with Gasteiger partial charge in [-0.15, -0.1) is 0 Å². The molecule has 1 N–H and O–H groups in total. The molecule has 1 aromatic carbocycles. The predicted molar refractivity (Wildman–Crippen MR) is 76.1 cm³/mol. The first-order chi connectivity index (χ1) is 9.47. The molecule has 2 rings (SSSR count). The summed E-state index contributed by atoms with van der Waals surface area (Å²) in [5.41, 5.74) is -0.146. The van der Waals surface area contributed by atoms with E-state index >= 15 is 0 Å². The van der Waals surface area contributed by atoms with Gasteiger partial charge in [0.1, 0.15) is 5.69 Å². The van der Waals surface area contributed by atoms with Crippen LogP contribution >= 0.6 is 27.7 Å². The molecular weight excluding hydrogens is 348 g/mol. The van der Waals surface area contributed by atoms with Crippen molar-refractivity contribution in [1.29, 1.82) is 0 Å². The minimum absolute atomic E-state index is 0.0435. The summed E-state index contributed by atoms with van der Waals surface area (Å²) in [5, 5.41) is 19.9. The van der Waals surface area contributed by atoms with Gasteiger partial charge in [-0.25, -0.2) is 9.78 Å². The number of nitrogens with zero attached hydrogens (tertiary/aromatic N) is 2. The molecule has 8 heteroatoms. The first kappa shape index (κ1) is 14.5. The van der Waals surface area contributed by atoms with Crippen LogP contribution in [0.3, 0.4) is 0 Å². The van der Waals surface area contributed by atoms with Crippen LogP contribution in [0.1, 0.15) is 10.5 Å². The van der Waals surface area contributed by atoms with Gasteiger partial charge in [0.05, 0.1) is 9.82 Å². The van der Waals surface area contributed by atoms with Gasteiger partial charge in [0.25, 0.3) is 5.69 Å². The van der Waals surface area contributed by atoms with E-state index < -0.39 is 10.9 Å². The van der Waals surface area contributed by atoms with Crippen molar-refractivity contribution in [3.8, 4) is 0 Å². The number of aromatic nitrogens is 1. The fraction of sp³-hybridized carbons (Fsp3) is 0. The second-order valence-corrected chi connectivity index (χ2v) is 5.68. The highest BCUT2D eigenvalue weighted by Gasteiger charge is 2.16. The number of hydrogen-bond acceptors (Lipinski definition) is 5. The predicted octanol–water partition coefficient (Wildman–Crippen LogP) is 3.60. The van der Waals surface area contributed by atoms with Crippen molar-refractivity contribution in [1.82, 2.24) is 4.98 Å². The average molecular weight is 355 g/mol. The molecule has 1 aromatic heterocycles. The quantitative estimate of drug-likeness (QED) is 0.665. The third-order valence-corrected chi connectivity index (χ3v) is 3.84. The zero-order valence-corrected chi connectivity index (χ0v) is 12.2. The Balaban J connectivity index is 2.37. The Morgan fingerprint density at radius 3 is 2.75 bits per heavy atom. The average Bonchev–Trinajstić information content (AvgIpc) is 2.41. The van der Waals surface area contributed by atoms with E-state index in [-0.39, 0.29) is 11.4 Å². The summed E-state index contributed by atoms with van der Waals surface area (Å²) < 4.78 is 0.606. The summed E-state index contributed by atoms with van der Waals surface area (Å²) in [7, 11) is 0. The molecule has 0 aliphatic rings. The van der Waals surface area contributed by atoms with Crippen molar-refractivity contribution in [2.75, 3.05) is 0 Å². The molecule has 0 amide bonds. The van der Waals surface area contributed by atoms with Gasteiger partial charge in [0.2, 0.25) is 0 Å². The number of nitro groups is 1. The van der Waals surface area contributed by atoms with Gasteiger partial charge < -0.3 is 5.11 Å². The lowest BCUT2D eigenvalue weighted by atomic mass is 10.3. The number of carbonyl (C=O) groups is 1. The molecular formula is C12H7BrN2O4S. The molecule has 0 bridgehead atoms. The van der Waals surface area contributed by atoms with Gasteiger partial charge >= 0.3 is 5.97 Å². The third-order valence-electron chi connectivity index (χ3n) is 2.30. The third kappa shape index (κ3) is 3.34. The molecule has 6 nitrogen and oxygen atoms in total. The fourth-order valence-electron chi connectivity index (χ4n) is 1.44. The van der Waals surface area contributed by atoms with Gasteiger partial charge in [-0.2, -0.15) is 0 Å². The van der Waals surface area contributed by atoms with Crippen LogP contribution in [0, 0.1) is 10.1 Å². The Morgan fingerprint density at radius 2 is 2.10 bits per heavy atom. The Hall–Kier alpha value is -1.93. The first-order valence-electron chi connectivity index (χ1n) is 5.28. The van der Waals surface area contributed by atoms with Gasteiger partial charge in [-0.3, -0.25) is 10.1 Å². The monoisotopic (exact) mass is 354 g/mol. The first-order valence-corrected chi connectivity index (χ1v) is 6.89. The van der Waals surface area contributed by atoms with Crippen LogP contribution in [0.15, 0.2) is 50.8 Å². The van der Waals surface area contributed by atoms with E-state index in [1.54, 1.807) is 18.2 Å². The number of hydrogen-bond donors (Lipinski definition) is 1. The second kappa shape index (κ2) is 6.02. The molecule has 0 saturated carbocycles. The molecule has 0 fully saturated rings. The Bertz CT molecular complexity index is 693. The molecule has 1 heterocycles. The van der Waals surface area contributed by atoms with E-state index in [9.17, 15) is 14.9 Å². The maximum Gasteiger partial charge on any atom is 0.354 e. The van der Waals surface area contributed by atoms with Crippen LogP contribution in [-0.2, 0) is 0 Å². The number of halogens is 1.